The number of carbonyl (C=O) groups is 2. The highest BCUT2D eigenvalue weighted by Crippen LogP contribution is 2.29. The largest absolute Gasteiger partial charge is 0.497 e. The summed E-state index contributed by atoms with van der Waals surface area (Å²) in [7, 11) is 1.61. The summed E-state index contributed by atoms with van der Waals surface area (Å²) < 4.78 is 10.6. The van der Waals surface area contributed by atoms with Crippen LogP contribution in [0.1, 0.15) is 12.0 Å². The Morgan fingerprint density at radius 3 is 2.63 bits per heavy atom. The second kappa shape index (κ2) is 9.42. The van der Waals surface area contributed by atoms with E-state index in [9.17, 15) is 9.59 Å². The number of amides is 2. The minimum atomic E-state index is -0.434. The number of para-hydroxylation sites is 1. The lowest BCUT2D eigenvalue weighted by Crippen LogP contribution is -2.28. The quantitative estimate of drug-likeness (QED) is 0.440. The number of nitrogens with zero attached hydrogens (tertiary/aromatic N) is 3. The molecule has 3 aromatic carbocycles. The van der Waals surface area contributed by atoms with Crippen molar-refractivity contribution in [1.29, 1.82) is 0 Å². The minimum absolute atomic E-state index is 0.0508. The number of aromatic nitrogens is 2. The van der Waals surface area contributed by atoms with E-state index in [1.807, 2.05) is 67.6 Å². The minimum Gasteiger partial charge on any atom is -0.497 e. The van der Waals surface area contributed by atoms with Crippen LogP contribution in [0.4, 0.5) is 11.4 Å². The first-order valence-corrected chi connectivity index (χ1v) is 11.3. The van der Waals surface area contributed by atoms with Gasteiger partial charge in [0.05, 0.1) is 13.0 Å². The van der Waals surface area contributed by atoms with E-state index >= 15 is 0 Å². The van der Waals surface area contributed by atoms with Crippen molar-refractivity contribution in [1.82, 2.24) is 10.1 Å². The van der Waals surface area contributed by atoms with Crippen molar-refractivity contribution in [2.45, 2.75) is 13.3 Å². The number of benzene rings is 3. The fraction of sp³-hybridized carbons (Fsp3) is 0.185. The van der Waals surface area contributed by atoms with Crippen molar-refractivity contribution in [3.8, 4) is 28.6 Å². The van der Waals surface area contributed by atoms with Gasteiger partial charge in [0, 0.05) is 35.5 Å². The first kappa shape index (κ1) is 22.3. The van der Waals surface area contributed by atoms with Gasteiger partial charge in [-0.1, -0.05) is 29.4 Å². The molecule has 176 valence electrons. The van der Waals surface area contributed by atoms with Crippen LogP contribution in [0.15, 0.2) is 77.3 Å². The molecule has 0 radical (unpaired) electrons. The molecule has 2 amide bonds. The molecule has 35 heavy (non-hydrogen) atoms. The van der Waals surface area contributed by atoms with Crippen LogP contribution in [-0.2, 0) is 9.59 Å². The van der Waals surface area contributed by atoms with E-state index in [2.05, 4.69) is 15.5 Å². The number of methoxy groups -OCH3 is 1. The van der Waals surface area contributed by atoms with Crippen LogP contribution in [0, 0.1) is 12.8 Å². The molecule has 0 unspecified atom stereocenters. The fourth-order valence-corrected chi connectivity index (χ4v) is 4.15. The van der Waals surface area contributed by atoms with Crippen LogP contribution in [0.5, 0.6) is 5.75 Å². The molecule has 1 aliphatic rings. The maximum Gasteiger partial charge on any atom is 0.258 e. The topological polar surface area (TPSA) is 97.6 Å². The number of carbonyl (C=O) groups excluding carboxylic acids is 2. The highest BCUT2D eigenvalue weighted by atomic mass is 16.5. The van der Waals surface area contributed by atoms with Crippen LogP contribution >= 0.6 is 0 Å². The average molecular weight is 469 g/mol. The van der Waals surface area contributed by atoms with Crippen LogP contribution in [0.2, 0.25) is 0 Å². The zero-order valence-corrected chi connectivity index (χ0v) is 19.4. The summed E-state index contributed by atoms with van der Waals surface area (Å²) in [5, 5.41) is 7.00. The highest BCUT2D eigenvalue weighted by Gasteiger charge is 2.35. The van der Waals surface area contributed by atoms with E-state index in [1.54, 1.807) is 24.1 Å². The molecule has 1 aliphatic heterocycles. The molecule has 4 aromatic rings. The van der Waals surface area contributed by atoms with Gasteiger partial charge in [-0.3, -0.25) is 9.59 Å². The molecule has 1 N–H and O–H groups in total. The van der Waals surface area contributed by atoms with Gasteiger partial charge in [0.1, 0.15) is 5.75 Å². The predicted molar refractivity (Wildman–Crippen MR) is 132 cm³/mol. The Labute approximate surface area is 202 Å². The Balaban J connectivity index is 1.28. The van der Waals surface area contributed by atoms with Gasteiger partial charge in [-0.2, -0.15) is 4.98 Å². The van der Waals surface area contributed by atoms with Gasteiger partial charge in [-0.05, 0) is 61.0 Å². The van der Waals surface area contributed by atoms with E-state index in [0.29, 0.717) is 29.5 Å². The Hall–Kier alpha value is -4.46. The van der Waals surface area contributed by atoms with Crippen LogP contribution < -0.4 is 15.0 Å². The maximum atomic E-state index is 13.0. The lowest BCUT2D eigenvalue weighted by Gasteiger charge is -2.19. The van der Waals surface area contributed by atoms with Gasteiger partial charge in [0.2, 0.25) is 17.6 Å². The standard InChI is InChI=1S/C27H24N4O4/c1-17-6-3-4-9-23(17)31-16-20(15-24(31)32)26(33)28-21-8-5-7-19(14-21)27-29-25(30-35-27)18-10-12-22(34-2)13-11-18/h3-14,20H,15-16H2,1-2H3,(H,28,33)/t20-/m0/s1. The Bertz CT molecular complexity index is 1380. The summed E-state index contributed by atoms with van der Waals surface area (Å²) in [6, 6.07) is 22.3. The molecule has 1 atom stereocenters. The van der Waals surface area contributed by atoms with E-state index in [0.717, 1.165) is 22.6 Å². The smallest absolute Gasteiger partial charge is 0.258 e. The normalized spacial score (nSPS) is 15.3. The molecule has 0 aliphatic carbocycles. The van der Waals surface area contributed by atoms with Gasteiger partial charge in [-0.15, -0.1) is 0 Å². The molecule has 8 heteroatoms. The lowest BCUT2D eigenvalue weighted by molar-refractivity contribution is -0.122. The summed E-state index contributed by atoms with van der Waals surface area (Å²) in [6.45, 7) is 2.31. The molecule has 8 nitrogen and oxygen atoms in total. The molecule has 1 saturated heterocycles. The number of ether oxygens (including phenoxy) is 1. The summed E-state index contributed by atoms with van der Waals surface area (Å²) in [6.07, 6.45) is 0.175. The second-order valence-corrected chi connectivity index (χ2v) is 8.41. The first-order chi connectivity index (χ1) is 17.0. The van der Waals surface area contributed by atoms with Gasteiger partial charge in [0.15, 0.2) is 0 Å². The SMILES string of the molecule is COc1ccc(-c2noc(-c3cccc(NC(=O)[C@H]4CC(=O)N(c5ccccc5C)C4)c3)n2)cc1. The molecular formula is C27H24N4O4. The van der Waals surface area contributed by atoms with Crippen molar-refractivity contribution < 1.29 is 18.8 Å². The zero-order chi connectivity index (χ0) is 24.4. The Morgan fingerprint density at radius 2 is 1.86 bits per heavy atom. The van der Waals surface area contributed by atoms with Crippen molar-refractivity contribution in [3.63, 3.8) is 0 Å². The molecule has 5 rings (SSSR count). The summed E-state index contributed by atoms with van der Waals surface area (Å²) in [5.74, 6) is 0.857. The van der Waals surface area contributed by atoms with E-state index in [4.69, 9.17) is 9.26 Å². The van der Waals surface area contributed by atoms with Crippen molar-refractivity contribution in [3.05, 3.63) is 78.4 Å². The summed E-state index contributed by atoms with van der Waals surface area (Å²) in [5.41, 5.74) is 3.92. The monoisotopic (exact) mass is 468 g/mol. The number of hydrogen-bond acceptors (Lipinski definition) is 6. The van der Waals surface area contributed by atoms with E-state index in [-0.39, 0.29) is 18.2 Å². The van der Waals surface area contributed by atoms with Crippen LogP contribution in [0.25, 0.3) is 22.8 Å². The van der Waals surface area contributed by atoms with Crippen LogP contribution in [-0.4, -0.2) is 35.6 Å². The van der Waals surface area contributed by atoms with Crippen molar-refractivity contribution in [2.75, 3.05) is 23.9 Å². The van der Waals surface area contributed by atoms with Gasteiger partial charge < -0.3 is 19.5 Å². The Morgan fingerprint density at radius 1 is 1.06 bits per heavy atom. The zero-order valence-electron chi connectivity index (χ0n) is 19.4. The molecule has 1 fully saturated rings. The second-order valence-electron chi connectivity index (χ2n) is 8.41. The third kappa shape index (κ3) is 4.63. The third-order valence-corrected chi connectivity index (χ3v) is 6.05. The van der Waals surface area contributed by atoms with Crippen molar-refractivity contribution in [2.24, 2.45) is 5.92 Å². The Kier molecular flexibility index (Phi) is 6.01. The molecular weight excluding hydrogens is 444 g/mol. The molecule has 0 spiro atoms. The van der Waals surface area contributed by atoms with Crippen molar-refractivity contribution >= 4 is 23.2 Å². The molecule has 2 heterocycles. The maximum absolute atomic E-state index is 13.0. The highest BCUT2D eigenvalue weighted by molar-refractivity contribution is 6.04. The average Bonchev–Trinajstić information content (AvgIpc) is 3.52. The number of anilines is 2. The molecule has 0 bridgehead atoms. The van der Waals surface area contributed by atoms with Gasteiger partial charge in [0.25, 0.3) is 5.89 Å². The molecule has 1 aromatic heterocycles. The summed E-state index contributed by atoms with van der Waals surface area (Å²) in [4.78, 5) is 31.7. The predicted octanol–water partition coefficient (Wildman–Crippen LogP) is 4.71. The fourth-order valence-electron chi connectivity index (χ4n) is 4.15. The van der Waals surface area contributed by atoms with Gasteiger partial charge in [-0.25, -0.2) is 0 Å². The number of rotatable bonds is 6. The lowest BCUT2D eigenvalue weighted by atomic mass is 10.1. The number of hydrogen-bond donors (Lipinski definition) is 1. The van der Waals surface area contributed by atoms with Gasteiger partial charge >= 0.3 is 0 Å². The summed E-state index contributed by atoms with van der Waals surface area (Å²) >= 11 is 0. The van der Waals surface area contributed by atoms with E-state index < -0.39 is 5.92 Å². The first-order valence-electron chi connectivity index (χ1n) is 11.3. The number of aryl methyl sites for hydroxylation is 1. The number of nitrogens with one attached hydrogen (secondary N) is 1. The van der Waals surface area contributed by atoms with Crippen LogP contribution in [0.3, 0.4) is 0 Å². The third-order valence-electron chi connectivity index (χ3n) is 6.05. The van der Waals surface area contributed by atoms with E-state index in [1.165, 1.54) is 0 Å². The molecule has 0 saturated carbocycles.